The average molecular weight is 366 g/mol. The fourth-order valence-corrected chi connectivity index (χ4v) is 3.25. The fourth-order valence-electron chi connectivity index (χ4n) is 2.65. The van der Waals surface area contributed by atoms with E-state index >= 15 is 0 Å². The van der Waals surface area contributed by atoms with Gasteiger partial charge in [-0.05, 0) is 31.2 Å². The molecule has 0 saturated carbocycles. The summed E-state index contributed by atoms with van der Waals surface area (Å²) in [5.41, 5.74) is -0.607. The van der Waals surface area contributed by atoms with Gasteiger partial charge >= 0.3 is 6.03 Å². The quantitative estimate of drug-likeness (QED) is 0.645. The number of halogens is 2. The molecule has 1 atom stereocenters. The van der Waals surface area contributed by atoms with Crippen molar-refractivity contribution in [2.75, 3.05) is 6.54 Å². The lowest BCUT2D eigenvalue weighted by Gasteiger charge is -2.23. The minimum absolute atomic E-state index is 0.260. The monoisotopic (exact) mass is 365 g/mol. The van der Waals surface area contributed by atoms with E-state index in [2.05, 4.69) is 10.3 Å². The van der Waals surface area contributed by atoms with E-state index in [4.69, 9.17) is 23.2 Å². The molecule has 0 aliphatic carbocycles. The van der Waals surface area contributed by atoms with Crippen LogP contribution in [0.1, 0.15) is 23.0 Å². The zero-order chi connectivity index (χ0) is 17.5. The maximum absolute atomic E-state index is 12.8. The van der Waals surface area contributed by atoms with Crippen LogP contribution in [0.15, 0.2) is 36.5 Å². The number of nitrogens with zero attached hydrogens (tertiary/aromatic N) is 1. The topological polar surface area (TPSA) is 82.3 Å². The first-order chi connectivity index (χ1) is 11.3. The summed E-state index contributed by atoms with van der Waals surface area (Å²) in [6.45, 7) is 1.19. The number of carbonyl (C=O) groups is 3. The van der Waals surface area contributed by atoms with Gasteiger partial charge in [-0.3, -0.25) is 14.5 Å². The van der Waals surface area contributed by atoms with Crippen molar-refractivity contribution in [1.82, 2.24) is 15.2 Å². The standard InChI is InChI=1S/C16H13Cl2N3O3/c1-16(10-5-4-9(17)7-11(10)18)14(23)21(15(24)20-16)8-13(22)12-3-2-6-19-12/h2-7,19H,8H2,1H3,(H,20,24)/t16-/m1/s1. The molecule has 0 radical (unpaired) electrons. The fraction of sp³-hybridized carbons (Fsp3) is 0.188. The zero-order valence-corrected chi connectivity index (χ0v) is 14.1. The summed E-state index contributed by atoms with van der Waals surface area (Å²) in [6.07, 6.45) is 1.59. The highest BCUT2D eigenvalue weighted by molar-refractivity contribution is 6.35. The van der Waals surface area contributed by atoms with Crippen molar-refractivity contribution in [1.29, 1.82) is 0 Å². The Labute approximate surface area is 147 Å². The summed E-state index contributed by atoms with van der Waals surface area (Å²) in [5.74, 6) is -0.911. The van der Waals surface area contributed by atoms with Crippen LogP contribution >= 0.6 is 23.2 Å². The van der Waals surface area contributed by atoms with Crippen LogP contribution in [0.25, 0.3) is 0 Å². The molecule has 8 heteroatoms. The van der Waals surface area contributed by atoms with Crippen molar-refractivity contribution in [3.05, 3.63) is 57.8 Å². The number of nitrogens with one attached hydrogen (secondary N) is 2. The van der Waals surface area contributed by atoms with Gasteiger partial charge in [-0.15, -0.1) is 0 Å². The highest BCUT2D eigenvalue weighted by Crippen LogP contribution is 2.34. The van der Waals surface area contributed by atoms with Crippen LogP contribution in [0.4, 0.5) is 4.79 Å². The second kappa shape index (κ2) is 5.96. The van der Waals surface area contributed by atoms with Crippen molar-refractivity contribution in [3.63, 3.8) is 0 Å². The number of rotatable bonds is 4. The number of aromatic amines is 1. The molecule has 1 fully saturated rings. The number of hydrogen-bond acceptors (Lipinski definition) is 3. The van der Waals surface area contributed by atoms with Gasteiger partial charge in [-0.2, -0.15) is 0 Å². The number of ketones is 1. The maximum atomic E-state index is 12.8. The Kier molecular flexibility index (Phi) is 4.11. The van der Waals surface area contributed by atoms with Gasteiger partial charge < -0.3 is 10.3 Å². The van der Waals surface area contributed by atoms with Crippen LogP contribution in [-0.4, -0.2) is 34.2 Å². The third-order valence-electron chi connectivity index (χ3n) is 3.94. The first-order valence-corrected chi connectivity index (χ1v) is 7.85. The molecule has 3 amide bonds. The predicted octanol–water partition coefficient (Wildman–Crippen LogP) is 2.97. The van der Waals surface area contributed by atoms with Gasteiger partial charge in [0.25, 0.3) is 5.91 Å². The SMILES string of the molecule is C[C@]1(c2ccc(Cl)cc2Cl)NC(=O)N(CC(=O)c2ccc[nH]2)C1=O. The molecule has 2 N–H and O–H groups in total. The summed E-state index contributed by atoms with van der Waals surface area (Å²) in [4.78, 5) is 40.8. The molecule has 1 saturated heterocycles. The molecular formula is C16H13Cl2N3O3. The van der Waals surface area contributed by atoms with Gasteiger partial charge in [-0.25, -0.2) is 4.79 Å². The molecule has 24 heavy (non-hydrogen) atoms. The predicted molar refractivity (Wildman–Crippen MR) is 89.2 cm³/mol. The molecule has 1 aromatic carbocycles. The van der Waals surface area contributed by atoms with E-state index < -0.39 is 17.5 Å². The Hall–Kier alpha value is -2.31. The van der Waals surface area contributed by atoms with Crippen LogP contribution in [0.2, 0.25) is 10.0 Å². The molecule has 1 aromatic heterocycles. The van der Waals surface area contributed by atoms with Crippen LogP contribution in [0.5, 0.6) is 0 Å². The second-order valence-electron chi connectivity index (χ2n) is 5.58. The van der Waals surface area contributed by atoms with Gasteiger partial charge in [0.05, 0.1) is 12.2 Å². The van der Waals surface area contributed by atoms with Crippen LogP contribution in [0.3, 0.4) is 0 Å². The Bertz CT molecular complexity index is 835. The number of carbonyl (C=O) groups excluding carboxylic acids is 3. The second-order valence-corrected chi connectivity index (χ2v) is 6.42. The lowest BCUT2D eigenvalue weighted by atomic mass is 9.92. The van der Waals surface area contributed by atoms with Gasteiger partial charge in [-0.1, -0.05) is 29.3 Å². The number of aromatic nitrogens is 1. The summed E-state index contributed by atoms with van der Waals surface area (Å²) in [7, 11) is 0. The highest BCUT2D eigenvalue weighted by Gasteiger charge is 2.50. The summed E-state index contributed by atoms with van der Waals surface area (Å²) < 4.78 is 0. The molecule has 1 aliphatic rings. The summed E-state index contributed by atoms with van der Waals surface area (Å²) in [5, 5.41) is 3.28. The Morgan fingerprint density at radius 1 is 1.25 bits per heavy atom. The van der Waals surface area contributed by atoms with E-state index in [-0.39, 0.29) is 17.4 Å². The van der Waals surface area contributed by atoms with Crippen molar-refractivity contribution in [2.45, 2.75) is 12.5 Å². The van der Waals surface area contributed by atoms with E-state index in [1.165, 1.54) is 6.07 Å². The average Bonchev–Trinajstić information content (AvgIpc) is 3.11. The minimum Gasteiger partial charge on any atom is -0.359 e. The number of H-pyrrole nitrogens is 1. The van der Waals surface area contributed by atoms with E-state index in [1.807, 2.05) is 0 Å². The largest absolute Gasteiger partial charge is 0.359 e. The van der Waals surface area contributed by atoms with Gasteiger partial charge in [0.15, 0.2) is 5.78 Å². The van der Waals surface area contributed by atoms with Crippen molar-refractivity contribution >= 4 is 40.9 Å². The molecule has 6 nitrogen and oxygen atoms in total. The maximum Gasteiger partial charge on any atom is 0.325 e. The Morgan fingerprint density at radius 2 is 2.00 bits per heavy atom. The number of Topliss-reactive ketones (excluding diaryl/α,β-unsaturated/α-hetero) is 1. The van der Waals surface area contributed by atoms with Gasteiger partial charge in [0.2, 0.25) is 0 Å². The molecule has 124 valence electrons. The lowest BCUT2D eigenvalue weighted by Crippen LogP contribution is -2.41. The zero-order valence-electron chi connectivity index (χ0n) is 12.6. The summed E-state index contributed by atoms with van der Waals surface area (Å²) >= 11 is 12.0. The minimum atomic E-state index is -1.35. The molecule has 0 bridgehead atoms. The molecule has 0 spiro atoms. The smallest absolute Gasteiger partial charge is 0.325 e. The van der Waals surface area contributed by atoms with Gasteiger partial charge in [0, 0.05) is 21.8 Å². The Balaban J connectivity index is 1.89. The van der Waals surface area contributed by atoms with E-state index in [0.717, 1.165) is 4.90 Å². The highest BCUT2D eigenvalue weighted by atomic mass is 35.5. The number of benzene rings is 1. The number of hydrogen-bond donors (Lipinski definition) is 2. The number of urea groups is 1. The molecular weight excluding hydrogens is 353 g/mol. The van der Waals surface area contributed by atoms with E-state index in [1.54, 1.807) is 37.4 Å². The normalized spacial score (nSPS) is 20.4. The van der Waals surface area contributed by atoms with Crippen LogP contribution in [0, 0.1) is 0 Å². The number of imide groups is 1. The first-order valence-electron chi connectivity index (χ1n) is 7.09. The Morgan fingerprint density at radius 3 is 2.62 bits per heavy atom. The van der Waals surface area contributed by atoms with E-state index in [9.17, 15) is 14.4 Å². The third-order valence-corrected chi connectivity index (χ3v) is 4.49. The molecule has 2 heterocycles. The lowest BCUT2D eigenvalue weighted by molar-refractivity contribution is -0.130. The van der Waals surface area contributed by atoms with Gasteiger partial charge in [0.1, 0.15) is 5.54 Å². The third kappa shape index (κ3) is 2.68. The first kappa shape index (κ1) is 16.5. The van der Waals surface area contributed by atoms with E-state index in [0.29, 0.717) is 16.3 Å². The van der Waals surface area contributed by atoms with Crippen LogP contribution < -0.4 is 5.32 Å². The molecule has 0 unspecified atom stereocenters. The van der Waals surface area contributed by atoms with Crippen molar-refractivity contribution in [3.8, 4) is 0 Å². The van der Waals surface area contributed by atoms with Crippen molar-refractivity contribution < 1.29 is 14.4 Å². The molecule has 2 aromatic rings. The summed E-state index contributed by atoms with van der Waals surface area (Å²) in [6, 6.07) is 7.26. The number of amides is 3. The molecule has 3 rings (SSSR count). The van der Waals surface area contributed by atoms with Crippen LogP contribution in [-0.2, 0) is 10.3 Å². The molecule has 1 aliphatic heterocycles. The van der Waals surface area contributed by atoms with Crippen molar-refractivity contribution in [2.24, 2.45) is 0 Å².